The minimum absolute atomic E-state index is 0.0496. The normalized spacial score (nSPS) is 13.5. The van der Waals surface area contributed by atoms with E-state index in [0.29, 0.717) is 6.54 Å². The van der Waals surface area contributed by atoms with E-state index in [1.807, 2.05) is 18.2 Å². The minimum Gasteiger partial charge on any atom is -0.481 e. The van der Waals surface area contributed by atoms with Crippen LogP contribution in [-0.2, 0) is 4.79 Å². The predicted molar refractivity (Wildman–Crippen MR) is 78.2 cm³/mol. The topological polar surface area (TPSA) is 40.5 Å². The molecule has 0 heterocycles. The molecule has 0 bridgehead atoms. The van der Waals surface area contributed by atoms with Crippen molar-refractivity contribution < 1.29 is 9.90 Å². The van der Waals surface area contributed by atoms with Gasteiger partial charge in [0, 0.05) is 18.1 Å². The van der Waals surface area contributed by atoms with E-state index < -0.39 is 5.97 Å². The number of nitrogens with zero attached hydrogens (tertiary/aromatic N) is 1. The summed E-state index contributed by atoms with van der Waals surface area (Å²) in [6.07, 6.45) is 1.15. The molecule has 0 amide bonds. The molecule has 1 unspecified atom stereocenters. The van der Waals surface area contributed by atoms with Crippen molar-refractivity contribution in [3.05, 3.63) is 35.9 Å². The van der Waals surface area contributed by atoms with E-state index in [9.17, 15) is 4.79 Å². The van der Waals surface area contributed by atoms with E-state index in [1.165, 1.54) is 5.56 Å². The lowest BCUT2D eigenvalue weighted by Gasteiger charge is -2.41. The third-order valence-electron chi connectivity index (χ3n) is 3.38. The zero-order valence-electron chi connectivity index (χ0n) is 12.4. The Kier molecular flexibility index (Phi) is 5.55. The Labute approximate surface area is 116 Å². The number of aliphatic carboxylic acids is 1. The van der Waals surface area contributed by atoms with Gasteiger partial charge in [0.25, 0.3) is 0 Å². The molecule has 0 radical (unpaired) electrons. The van der Waals surface area contributed by atoms with Crippen LogP contribution < -0.4 is 0 Å². The molecule has 0 aliphatic carbocycles. The summed E-state index contributed by atoms with van der Waals surface area (Å²) >= 11 is 0. The largest absolute Gasteiger partial charge is 0.481 e. The predicted octanol–water partition coefficient (Wildman–Crippen LogP) is 3.71. The standard InChI is InChI=1S/C16H25NO2/c1-5-14(13-9-7-6-8-10-13)17(16(2,3)4)12-11-15(18)19/h6-10,14H,5,11-12H2,1-4H3,(H,18,19). The molecule has 1 N–H and O–H groups in total. The highest BCUT2D eigenvalue weighted by atomic mass is 16.4. The van der Waals surface area contributed by atoms with Crippen molar-refractivity contribution in [2.24, 2.45) is 0 Å². The summed E-state index contributed by atoms with van der Waals surface area (Å²) in [6.45, 7) is 9.14. The smallest absolute Gasteiger partial charge is 0.304 e. The minimum atomic E-state index is -0.739. The van der Waals surface area contributed by atoms with Gasteiger partial charge in [0.1, 0.15) is 0 Å². The molecule has 1 aromatic rings. The Balaban J connectivity index is 2.97. The maximum absolute atomic E-state index is 10.9. The van der Waals surface area contributed by atoms with Crippen molar-refractivity contribution in [3.8, 4) is 0 Å². The Morgan fingerprint density at radius 1 is 1.26 bits per heavy atom. The second-order valence-corrected chi connectivity index (χ2v) is 5.84. The first-order chi connectivity index (χ1) is 8.86. The number of rotatable bonds is 6. The first kappa shape index (κ1) is 15.7. The Bertz CT molecular complexity index is 395. The van der Waals surface area contributed by atoms with Crippen LogP contribution in [0.15, 0.2) is 30.3 Å². The van der Waals surface area contributed by atoms with E-state index in [1.54, 1.807) is 0 Å². The van der Waals surface area contributed by atoms with Gasteiger partial charge in [-0.15, -0.1) is 0 Å². The summed E-state index contributed by atoms with van der Waals surface area (Å²) < 4.78 is 0. The lowest BCUT2D eigenvalue weighted by Crippen LogP contribution is -2.44. The molecule has 0 saturated heterocycles. The van der Waals surface area contributed by atoms with E-state index in [-0.39, 0.29) is 18.0 Å². The van der Waals surface area contributed by atoms with Gasteiger partial charge < -0.3 is 5.11 Å². The fraction of sp³-hybridized carbons (Fsp3) is 0.562. The summed E-state index contributed by atoms with van der Waals surface area (Å²) in [5.74, 6) is -0.739. The number of hydrogen-bond donors (Lipinski definition) is 1. The van der Waals surface area contributed by atoms with Gasteiger partial charge in [0.2, 0.25) is 0 Å². The Morgan fingerprint density at radius 2 is 1.84 bits per heavy atom. The first-order valence-corrected chi connectivity index (χ1v) is 6.89. The second-order valence-electron chi connectivity index (χ2n) is 5.84. The molecule has 3 nitrogen and oxygen atoms in total. The molecule has 0 spiro atoms. The van der Waals surface area contributed by atoms with Crippen LogP contribution in [0.2, 0.25) is 0 Å². The molecular weight excluding hydrogens is 238 g/mol. The molecule has 0 saturated carbocycles. The molecule has 0 aromatic heterocycles. The van der Waals surface area contributed by atoms with Gasteiger partial charge in [-0.2, -0.15) is 0 Å². The second kappa shape index (κ2) is 6.71. The molecule has 0 aliphatic rings. The zero-order valence-corrected chi connectivity index (χ0v) is 12.4. The molecule has 0 fully saturated rings. The quantitative estimate of drug-likeness (QED) is 0.850. The van der Waals surface area contributed by atoms with Crippen LogP contribution in [0.25, 0.3) is 0 Å². The molecule has 1 atom stereocenters. The van der Waals surface area contributed by atoms with Crippen LogP contribution in [0.4, 0.5) is 0 Å². The van der Waals surface area contributed by atoms with Gasteiger partial charge in [-0.1, -0.05) is 37.3 Å². The highest BCUT2D eigenvalue weighted by Crippen LogP contribution is 2.30. The third-order valence-corrected chi connectivity index (χ3v) is 3.38. The van der Waals surface area contributed by atoms with Crippen molar-refractivity contribution in [3.63, 3.8) is 0 Å². The summed E-state index contributed by atoms with van der Waals surface area (Å²) in [7, 11) is 0. The number of carboxylic acids is 1. The lowest BCUT2D eigenvalue weighted by atomic mass is 9.95. The van der Waals surface area contributed by atoms with Gasteiger partial charge in [-0.05, 0) is 32.8 Å². The summed E-state index contributed by atoms with van der Waals surface area (Å²) in [5, 5.41) is 8.93. The Morgan fingerprint density at radius 3 is 2.26 bits per heavy atom. The monoisotopic (exact) mass is 263 g/mol. The van der Waals surface area contributed by atoms with Gasteiger partial charge in [0.05, 0.1) is 6.42 Å². The maximum atomic E-state index is 10.9. The van der Waals surface area contributed by atoms with Gasteiger partial charge in [0.15, 0.2) is 0 Å². The van der Waals surface area contributed by atoms with Crippen LogP contribution in [0, 0.1) is 0 Å². The van der Waals surface area contributed by atoms with Crippen molar-refractivity contribution in [2.75, 3.05) is 6.54 Å². The van der Waals surface area contributed by atoms with Crippen LogP contribution in [0.1, 0.15) is 52.1 Å². The van der Waals surface area contributed by atoms with Crippen molar-refractivity contribution in [1.82, 2.24) is 4.90 Å². The molecule has 0 aliphatic heterocycles. The van der Waals surface area contributed by atoms with E-state index >= 15 is 0 Å². The first-order valence-electron chi connectivity index (χ1n) is 6.89. The van der Waals surface area contributed by atoms with Crippen LogP contribution in [0.5, 0.6) is 0 Å². The fourth-order valence-electron chi connectivity index (χ4n) is 2.49. The average Bonchev–Trinajstić information content (AvgIpc) is 2.33. The Hall–Kier alpha value is -1.35. The lowest BCUT2D eigenvalue weighted by molar-refractivity contribution is -0.137. The number of carbonyl (C=O) groups is 1. The fourth-order valence-corrected chi connectivity index (χ4v) is 2.49. The summed E-state index contributed by atoms with van der Waals surface area (Å²) in [5.41, 5.74) is 1.21. The molecule has 1 aromatic carbocycles. The van der Waals surface area contributed by atoms with Gasteiger partial charge in [-0.3, -0.25) is 9.69 Å². The van der Waals surface area contributed by atoms with Crippen LogP contribution in [0.3, 0.4) is 0 Å². The molecular formula is C16H25NO2. The molecule has 19 heavy (non-hydrogen) atoms. The van der Waals surface area contributed by atoms with Crippen molar-refractivity contribution >= 4 is 5.97 Å². The zero-order chi connectivity index (χ0) is 14.5. The number of carboxylic acid groups (broad SMARTS) is 1. The van der Waals surface area contributed by atoms with Crippen molar-refractivity contribution in [2.45, 2.75) is 52.1 Å². The van der Waals surface area contributed by atoms with E-state index in [2.05, 4.69) is 44.7 Å². The SMILES string of the molecule is CCC(c1ccccc1)N(CCC(=O)O)C(C)(C)C. The highest BCUT2D eigenvalue weighted by molar-refractivity contribution is 5.66. The van der Waals surface area contributed by atoms with E-state index in [0.717, 1.165) is 6.42 Å². The van der Waals surface area contributed by atoms with Crippen molar-refractivity contribution in [1.29, 1.82) is 0 Å². The average molecular weight is 263 g/mol. The number of hydrogen-bond acceptors (Lipinski definition) is 2. The molecule has 1 rings (SSSR count). The van der Waals surface area contributed by atoms with Gasteiger partial charge >= 0.3 is 5.97 Å². The molecule has 3 heteroatoms. The van der Waals surface area contributed by atoms with Gasteiger partial charge in [-0.25, -0.2) is 0 Å². The summed E-state index contributed by atoms with van der Waals surface area (Å²) in [6, 6.07) is 10.6. The maximum Gasteiger partial charge on any atom is 0.304 e. The highest BCUT2D eigenvalue weighted by Gasteiger charge is 2.29. The van der Waals surface area contributed by atoms with Crippen LogP contribution in [-0.4, -0.2) is 28.1 Å². The van der Waals surface area contributed by atoms with E-state index in [4.69, 9.17) is 5.11 Å². The summed E-state index contributed by atoms with van der Waals surface area (Å²) in [4.78, 5) is 13.1. The molecule has 106 valence electrons. The number of benzene rings is 1. The van der Waals surface area contributed by atoms with Crippen LogP contribution >= 0.6 is 0 Å². The third kappa shape index (κ3) is 4.67.